The van der Waals surface area contributed by atoms with E-state index in [1.807, 2.05) is 0 Å². The molecule has 1 N–H and O–H groups in total. The molecule has 1 atom stereocenters. The minimum atomic E-state index is 0.295. The van der Waals surface area contributed by atoms with Gasteiger partial charge in [0.1, 0.15) is 0 Å². The first-order chi connectivity index (χ1) is 8.93. The number of hydrogen-bond acceptors (Lipinski definition) is 4. The Hall–Kier alpha value is -0.160. The van der Waals surface area contributed by atoms with Crippen LogP contribution in [0.5, 0.6) is 0 Å². The van der Waals surface area contributed by atoms with Crippen LogP contribution in [0.1, 0.15) is 26.7 Å². The van der Waals surface area contributed by atoms with Gasteiger partial charge in [-0.3, -0.25) is 0 Å². The van der Waals surface area contributed by atoms with E-state index in [2.05, 4.69) is 50.1 Å². The normalized spacial score (nSPS) is 24.6. The van der Waals surface area contributed by atoms with Crippen LogP contribution in [0.15, 0.2) is 0 Å². The van der Waals surface area contributed by atoms with Crippen molar-refractivity contribution in [3.63, 3.8) is 0 Å². The summed E-state index contributed by atoms with van der Waals surface area (Å²) in [4.78, 5) is 4.70. The maximum atomic E-state index is 5.77. The summed E-state index contributed by atoms with van der Waals surface area (Å²) in [6.45, 7) is 10.7. The molecule has 0 radical (unpaired) electrons. The molecule has 0 aliphatic carbocycles. The predicted octanol–water partition coefficient (Wildman–Crippen LogP) is 1.27. The first-order valence-electron chi connectivity index (χ1n) is 7.58. The molecule has 0 saturated carbocycles. The summed E-state index contributed by atoms with van der Waals surface area (Å²) in [5.74, 6) is 0. The molecule has 0 aromatic heterocycles. The van der Waals surface area contributed by atoms with E-state index in [1.54, 1.807) is 0 Å². The maximum Gasteiger partial charge on any atom is 0.0546 e. The van der Waals surface area contributed by atoms with Crippen LogP contribution in [0.2, 0.25) is 0 Å². The molecule has 1 heterocycles. The highest BCUT2D eigenvalue weighted by molar-refractivity contribution is 4.87. The summed E-state index contributed by atoms with van der Waals surface area (Å²) in [5, 5.41) is 3.61. The molecular weight excluding hydrogens is 238 g/mol. The first-order valence-corrected chi connectivity index (χ1v) is 7.58. The Kier molecular flexibility index (Phi) is 7.29. The van der Waals surface area contributed by atoms with Gasteiger partial charge in [0.25, 0.3) is 0 Å². The largest absolute Gasteiger partial charge is 0.381 e. The topological polar surface area (TPSA) is 27.7 Å². The van der Waals surface area contributed by atoms with Crippen molar-refractivity contribution in [2.24, 2.45) is 5.41 Å². The number of ether oxygens (including phenoxy) is 1. The number of likely N-dealkylation sites (N-methyl/N-ethyl adjacent to an activating group) is 2. The molecule has 4 heteroatoms. The molecule has 0 spiro atoms. The molecule has 1 unspecified atom stereocenters. The summed E-state index contributed by atoms with van der Waals surface area (Å²) >= 11 is 0. The third kappa shape index (κ3) is 6.70. The van der Waals surface area contributed by atoms with Crippen LogP contribution < -0.4 is 5.32 Å². The number of nitrogens with zero attached hydrogens (tertiary/aromatic N) is 2. The van der Waals surface area contributed by atoms with Gasteiger partial charge in [0.05, 0.1) is 6.61 Å². The van der Waals surface area contributed by atoms with E-state index in [-0.39, 0.29) is 0 Å². The van der Waals surface area contributed by atoms with Gasteiger partial charge in [-0.1, -0.05) is 13.8 Å². The maximum absolute atomic E-state index is 5.77. The van der Waals surface area contributed by atoms with Crippen LogP contribution in [-0.2, 0) is 4.74 Å². The monoisotopic (exact) mass is 271 g/mol. The Labute approximate surface area is 119 Å². The highest BCUT2D eigenvalue weighted by Crippen LogP contribution is 2.29. The zero-order valence-electron chi connectivity index (χ0n) is 13.5. The third-order valence-electron chi connectivity index (χ3n) is 3.82. The lowest BCUT2D eigenvalue weighted by Gasteiger charge is -2.40. The SMILES string of the molecule is CC(C)NCC1(CN(C)CCN(C)C)CCCOC1. The van der Waals surface area contributed by atoms with Crippen molar-refractivity contribution >= 4 is 0 Å². The summed E-state index contributed by atoms with van der Waals surface area (Å²) in [5.41, 5.74) is 0.295. The van der Waals surface area contributed by atoms with Crippen LogP contribution in [0, 0.1) is 5.41 Å². The Morgan fingerprint density at radius 3 is 2.47 bits per heavy atom. The molecular formula is C15H33N3O. The number of nitrogens with one attached hydrogen (secondary N) is 1. The van der Waals surface area contributed by atoms with E-state index in [1.165, 1.54) is 12.8 Å². The van der Waals surface area contributed by atoms with Crippen molar-refractivity contribution in [1.29, 1.82) is 0 Å². The fourth-order valence-corrected chi connectivity index (χ4v) is 2.67. The average molecular weight is 271 g/mol. The van der Waals surface area contributed by atoms with E-state index in [0.717, 1.165) is 39.4 Å². The molecule has 0 amide bonds. The van der Waals surface area contributed by atoms with Crippen LogP contribution >= 0.6 is 0 Å². The quantitative estimate of drug-likeness (QED) is 0.720. The van der Waals surface area contributed by atoms with Gasteiger partial charge in [-0.2, -0.15) is 0 Å². The van der Waals surface area contributed by atoms with Gasteiger partial charge in [-0.05, 0) is 34.0 Å². The fraction of sp³-hybridized carbons (Fsp3) is 1.00. The van der Waals surface area contributed by atoms with E-state index in [0.29, 0.717) is 11.5 Å². The Morgan fingerprint density at radius 2 is 1.95 bits per heavy atom. The van der Waals surface area contributed by atoms with Gasteiger partial charge in [-0.15, -0.1) is 0 Å². The molecule has 0 aromatic rings. The summed E-state index contributed by atoms with van der Waals surface area (Å²) in [6.07, 6.45) is 2.47. The highest BCUT2D eigenvalue weighted by Gasteiger charge is 2.33. The molecule has 0 bridgehead atoms. The van der Waals surface area contributed by atoms with E-state index >= 15 is 0 Å². The van der Waals surface area contributed by atoms with Gasteiger partial charge in [-0.25, -0.2) is 0 Å². The van der Waals surface area contributed by atoms with Gasteiger partial charge in [0.15, 0.2) is 0 Å². The van der Waals surface area contributed by atoms with Gasteiger partial charge < -0.3 is 19.9 Å². The minimum absolute atomic E-state index is 0.295. The van der Waals surface area contributed by atoms with Gasteiger partial charge >= 0.3 is 0 Å². The van der Waals surface area contributed by atoms with Crippen molar-refractivity contribution in [2.75, 3.05) is 60.5 Å². The number of rotatable bonds is 8. The van der Waals surface area contributed by atoms with Crippen LogP contribution in [0.25, 0.3) is 0 Å². The molecule has 1 aliphatic rings. The fourth-order valence-electron chi connectivity index (χ4n) is 2.67. The lowest BCUT2D eigenvalue weighted by atomic mass is 9.81. The van der Waals surface area contributed by atoms with E-state index in [4.69, 9.17) is 4.74 Å². The zero-order valence-corrected chi connectivity index (χ0v) is 13.5. The lowest BCUT2D eigenvalue weighted by Crippen LogP contribution is -2.50. The predicted molar refractivity (Wildman–Crippen MR) is 81.7 cm³/mol. The average Bonchev–Trinajstić information content (AvgIpc) is 2.35. The zero-order chi connectivity index (χ0) is 14.3. The van der Waals surface area contributed by atoms with Crippen LogP contribution in [-0.4, -0.2) is 76.4 Å². The standard InChI is InChI=1S/C15H33N3O/c1-14(2)16-11-15(7-6-10-19-13-15)12-18(5)9-8-17(3)4/h14,16H,6-13H2,1-5H3. The molecule has 1 fully saturated rings. The van der Waals surface area contributed by atoms with Crippen molar-refractivity contribution < 1.29 is 4.74 Å². The van der Waals surface area contributed by atoms with Gasteiger partial charge in [0, 0.05) is 44.2 Å². The molecule has 0 aromatic carbocycles. The molecule has 1 rings (SSSR count). The number of hydrogen-bond donors (Lipinski definition) is 1. The first kappa shape index (κ1) is 16.9. The van der Waals surface area contributed by atoms with Crippen molar-refractivity contribution in [3.8, 4) is 0 Å². The van der Waals surface area contributed by atoms with E-state index in [9.17, 15) is 0 Å². The molecule has 1 saturated heterocycles. The summed E-state index contributed by atoms with van der Waals surface area (Å²) in [6, 6.07) is 0.547. The van der Waals surface area contributed by atoms with Crippen molar-refractivity contribution in [2.45, 2.75) is 32.7 Å². The second kappa shape index (κ2) is 8.20. The van der Waals surface area contributed by atoms with Crippen molar-refractivity contribution in [3.05, 3.63) is 0 Å². The summed E-state index contributed by atoms with van der Waals surface area (Å²) in [7, 11) is 6.50. The second-order valence-corrected chi connectivity index (χ2v) is 6.73. The summed E-state index contributed by atoms with van der Waals surface area (Å²) < 4.78 is 5.77. The van der Waals surface area contributed by atoms with Crippen molar-refractivity contribution in [1.82, 2.24) is 15.1 Å². The molecule has 19 heavy (non-hydrogen) atoms. The lowest BCUT2D eigenvalue weighted by molar-refractivity contribution is -0.0239. The molecule has 4 nitrogen and oxygen atoms in total. The smallest absolute Gasteiger partial charge is 0.0546 e. The minimum Gasteiger partial charge on any atom is -0.381 e. The Morgan fingerprint density at radius 1 is 1.21 bits per heavy atom. The Balaban J connectivity index is 2.48. The van der Waals surface area contributed by atoms with Crippen LogP contribution in [0.3, 0.4) is 0 Å². The third-order valence-corrected chi connectivity index (χ3v) is 3.82. The van der Waals surface area contributed by atoms with Crippen LogP contribution in [0.4, 0.5) is 0 Å². The Bertz CT molecular complexity index is 238. The second-order valence-electron chi connectivity index (χ2n) is 6.73. The molecule has 1 aliphatic heterocycles. The molecule has 114 valence electrons. The highest BCUT2D eigenvalue weighted by atomic mass is 16.5. The van der Waals surface area contributed by atoms with E-state index < -0.39 is 0 Å². The van der Waals surface area contributed by atoms with Gasteiger partial charge in [0.2, 0.25) is 0 Å².